The molecule has 0 atom stereocenters. The molecule has 1 aromatic heterocycles. The average molecular weight is 373 g/mol. The molecule has 1 amide bonds. The van der Waals surface area contributed by atoms with Crippen molar-refractivity contribution in [3.8, 4) is 0 Å². The van der Waals surface area contributed by atoms with Crippen molar-refractivity contribution in [2.75, 3.05) is 0 Å². The number of aryl methyl sites for hydroxylation is 1. The quantitative estimate of drug-likeness (QED) is 0.790. The maximum absolute atomic E-state index is 13.7. The van der Waals surface area contributed by atoms with Crippen molar-refractivity contribution in [3.63, 3.8) is 0 Å². The second-order valence-corrected chi connectivity index (χ2v) is 6.31. The van der Waals surface area contributed by atoms with Gasteiger partial charge >= 0.3 is 0 Å². The molecule has 0 aliphatic carbocycles. The molecule has 0 fully saturated rings. The normalized spacial score (nSPS) is 10.8. The molecule has 1 heterocycles. The van der Waals surface area contributed by atoms with Crippen LogP contribution in [0.3, 0.4) is 0 Å². The third-order valence-corrected chi connectivity index (χ3v) is 4.45. The van der Waals surface area contributed by atoms with Crippen LogP contribution in [0.4, 0.5) is 4.39 Å². The second kappa shape index (κ2) is 7.04. The Labute approximate surface area is 134 Å². The first-order valence-electron chi connectivity index (χ1n) is 6.20. The molecule has 5 nitrogen and oxygen atoms in total. The van der Waals surface area contributed by atoms with Crippen LogP contribution in [-0.4, -0.2) is 20.7 Å². The Hall–Kier alpha value is -1.41. The van der Waals surface area contributed by atoms with Gasteiger partial charge in [-0.2, -0.15) is 0 Å². The zero-order valence-corrected chi connectivity index (χ0v) is 13.7. The Balaban J connectivity index is 2.02. The second-order valence-electron chi connectivity index (χ2n) is 4.45. The number of nitrogens with two attached hydrogens (primary N) is 1. The van der Waals surface area contributed by atoms with Gasteiger partial charge < -0.3 is 10.3 Å². The van der Waals surface area contributed by atoms with Crippen LogP contribution in [0.25, 0.3) is 0 Å². The van der Waals surface area contributed by atoms with Gasteiger partial charge in [0.2, 0.25) is 5.91 Å². The van der Waals surface area contributed by atoms with E-state index in [-0.39, 0.29) is 18.1 Å². The van der Waals surface area contributed by atoms with Crippen LogP contribution < -0.4 is 5.73 Å². The van der Waals surface area contributed by atoms with Crippen LogP contribution in [0.15, 0.2) is 27.8 Å². The molecule has 0 radical (unpaired) electrons. The van der Waals surface area contributed by atoms with Crippen molar-refractivity contribution in [1.82, 2.24) is 14.8 Å². The van der Waals surface area contributed by atoms with E-state index in [1.165, 1.54) is 17.8 Å². The summed E-state index contributed by atoms with van der Waals surface area (Å²) in [6.07, 6.45) is 0.685. The van der Waals surface area contributed by atoms with E-state index in [0.717, 1.165) is 0 Å². The van der Waals surface area contributed by atoms with Crippen molar-refractivity contribution in [2.45, 2.75) is 23.8 Å². The number of benzene rings is 1. The fraction of sp³-hybridized carbons (Fsp3) is 0.308. The molecule has 0 saturated carbocycles. The first kappa shape index (κ1) is 16.0. The van der Waals surface area contributed by atoms with E-state index in [0.29, 0.717) is 33.2 Å². The lowest BCUT2D eigenvalue weighted by molar-refractivity contribution is -0.118. The number of hydrogen-bond donors (Lipinski definition) is 1. The van der Waals surface area contributed by atoms with E-state index in [2.05, 4.69) is 26.1 Å². The number of carbonyl (C=O) groups excluding carboxylic acids is 1. The number of hydrogen-bond acceptors (Lipinski definition) is 4. The van der Waals surface area contributed by atoms with Crippen LogP contribution in [0, 0.1) is 5.82 Å². The zero-order valence-electron chi connectivity index (χ0n) is 11.3. The van der Waals surface area contributed by atoms with Crippen LogP contribution in [0.2, 0.25) is 0 Å². The van der Waals surface area contributed by atoms with Gasteiger partial charge in [0.15, 0.2) is 5.16 Å². The summed E-state index contributed by atoms with van der Waals surface area (Å²) < 4.78 is 16.2. The van der Waals surface area contributed by atoms with Gasteiger partial charge in [-0.25, -0.2) is 4.39 Å². The molecule has 0 aliphatic rings. The van der Waals surface area contributed by atoms with E-state index in [1.807, 2.05) is 7.05 Å². The Kier molecular flexibility index (Phi) is 5.35. The maximum atomic E-state index is 13.7. The highest BCUT2D eigenvalue weighted by molar-refractivity contribution is 9.10. The number of rotatable bonds is 6. The highest BCUT2D eigenvalue weighted by atomic mass is 79.9. The Morgan fingerprint density at radius 1 is 1.48 bits per heavy atom. The SMILES string of the molecule is Cn1c(CCC(N)=O)nnc1SCc1ccc(Br)cc1F. The Bertz CT molecular complexity index is 662. The number of primary amides is 1. The van der Waals surface area contributed by atoms with Gasteiger partial charge in [0.1, 0.15) is 11.6 Å². The molecule has 21 heavy (non-hydrogen) atoms. The third kappa shape index (κ3) is 4.28. The lowest BCUT2D eigenvalue weighted by Crippen LogP contribution is -2.12. The summed E-state index contributed by atoms with van der Waals surface area (Å²) in [6.45, 7) is 0. The van der Waals surface area contributed by atoms with Crippen LogP contribution in [0.5, 0.6) is 0 Å². The van der Waals surface area contributed by atoms with E-state index < -0.39 is 0 Å². The van der Waals surface area contributed by atoms with Gasteiger partial charge in [-0.05, 0) is 17.7 Å². The van der Waals surface area contributed by atoms with E-state index in [1.54, 1.807) is 16.7 Å². The van der Waals surface area contributed by atoms with Gasteiger partial charge in [0, 0.05) is 30.1 Å². The highest BCUT2D eigenvalue weighted by Gasteiger charge is 2.11. The largest absolute Gasteiger partial charge is 0.370 e. The van der Waals surface area contributed by atoms with E-state index in [9.17, 15) is 9.18 Å². The van der Waals surface area contributed by atoms with Crippen LogP contribution in [0.1, 0.15) is 17.8 Å². The van der Waals surface area contributed by atoms with Crippen molar-refractivity contribution in [2.24, 2.45) is 12.8 Å². The lowest BCUT2D eigenvalue weighted by Gasteiger charge is -2.04. The minimum Gasteiger partial charge on any atom is -0.370 e. The molecular formula is C13H14BrFN4OS. The molecule has 2 aromatic rings. The number of nitrogens with zero attached hydrogens (tertiary/aromatic N) is 3. The first-order valence-corrected chi connectivity index (χ1v) is 7.98. The number of amides is 1. The molecule has 0 aliphatic heterocycles. The topological polar surface area (TPSA) is 73.8 Å². The summed E-state index contributed by atoms with van der Waals surface area (Å²) in [5.41, 5.74) is 5.72. The highest BCUT2D eigenvalue weighted by Crippen LogP contribution is 2.24. The number of carbonyl (C=O) groups is 1. The fourth-order valence-electron chi connectivity index (χ4n) is 1.70. The van der Waals surface area contributed by atoms with E-state index >= 15 is 0 Å². The van der Waals surface area contributed by atoms with Crippen LogP contribution >= 0.6 is 27.7 Å². The predicted octanol–water partition coefficient (Wildman–Crippen LogP) is 2.43. The summed E-state index contributed by atoms with van der Waals surface area (Å²) in [6, 6.07) is 4.97. The molecule has 0 unspecified atom stereocenters. The smallest absolute Gasteiger partial charge is 0.217 e. The monoisotopic (exact) mass is 372 g/mol. The summed E-state index contributed by atoms with van der Waals surface area (Å²) in [5, 5.41) is 8.75. The zero-order chi connectivity index (χ0) is 15.4. The average Bonchev–Trinajstić information content (AvgIpc) is 2.76. The Morgan fingerprint density at radius 2 is 2.24 bits per heavy atom. The molecule has 8 heteroatoms. The number of halogens is 2. The predicted molar refractivity (Wildman–Crippen MR) is 82.2 cm³/mol. The third-order valence-electron chi connectivity index (χ3n) is 2.89. The summed E-state index contributed by atoms with van der Waals surface area (Å²) >= 11 is 4.62. The molecule has 2 rings (SSSR count). The van der Waals surface area contributed by atoms with E-state index in [4.69, 9.17) is 5.73 Å². The van der Waals surface area contributed by atoms with Crippen molar-refractivity contribution < 1.29 is 9.18 Å². The van der Waals surface area contributed by atoms with Crippen molar-refractivity contribution in [1.29, 1.82) is 0 Å². The Morgan fingerprint density at radius 3 is 2.90 bits per heavy atom. The summed E-state index contributed by atoms with van der Waals surface area (Å²) in [5.74, 6) is 0.519. The molecule has 2 N–H and O–H groups in total. The van der Waals surface area contributed by atoms with Gasteiger partial charge in [0.25, 0.3) is 0 Å². The van der Waals surface area contributed by atoms with Crippen molar-refractivity contribution in [3.05, 3.63) is 39.9 Å². The maximum Gasteiger partial charge on any atom is 0.217 e. The minimum absolute atomic E-state index is 0.234. The molecule has 1 aromatic carbocycles. The standard InChI is InChI=1S/C13H14BrFN4OS/c1-19-12(5-4-11(16)20)17-18-13(19)21-7-8-2-3-9(14)6-10(8)15/h2-3,6H,4-5,7H2,1H3,(H2,16,20). The van der Waals surface area contributed by atoms with Crippen LogP contribution in [-0.2, 0) is 24.0 Å². The van der Waals surface area contributed by atoms with Gasteiger partial charge in [-0.3, -0.25) is 4.79 Å². The molecule has 0 spiro atoms. The molecule has 0 bridgehead atoms. The molecule has 112 valence electrons. The number of thioether (sulfide) groups is 1. The minimum atomic E-state index is -0.371. The first-order chi connectivity index (χ1) is 9.97. The van der Waals surface area contributed by atoms with Gasteiger partial charge in [-0.15, -0.1) is 10.2 Å². The van der Waals surface area contributed by atoms with Gasteiger partial charge in [0.05, 0.1) is 0 Å². The van der Waals surface area contributed by atoms with Gasteiger partial charge in [-0.1, -0.05) is 33.8 Å². The lowest BCUT2D eigenvalue weighted by atomic mass is 10.2. The molecule has 0 saturated heterocycles. The number of aromatic nitrogens is 3. The summed E-state index contributed by atoms with van der Waals surface area (Å²) in [4.78, 5) is 10.8. The molecular weight excluding hydrogens is 359 g/mol. The van der Waals surface area contributed by atoms with Crippen molar-refractivity contribution >= 4 is 33.6 Å². The summed E-state index contributed by atoms with van der Waals surface area (Å²) in [7, 11) is 1.82. The fourth-order valence-corrected chi connectivity index (χ4v) is 2.95.